The third kappa shape index (κ3) is 4.37. The number of phenolic OH excluding ortho intramolecular Hbond substituents is 1. The molecule has 0 saturated heterocycles. The second-order valence-corrected chi connectivity index (χ2v) is 4.03. The first kappa shape index (κ1) is 14.0. The number of phenols is 1. The monoisotopic (exact) mass is 208 g/mol. The number of hydrogen-bond donors (Lipinski definition) is 1. The maximum Gasteiger partial charge on any atom is 0.121 e. The molecule has 15 heavy (non-hydrogen) atoms. The Bertz CT molecular complexity index is 279. The maximum atomic E-state index is 9.70. The number of aryl methyl sites for hydroxylation is 1. The van der Waals surface area contributed by atoms with Crippen LogP contribution < -0.4 is 0 Å². The molecule has 1 nitrogen and oxygen atoms in total. The predicted octanol–water partition coefficient (Wildman–Crippen LogP) is 4.63. The van der Waals surface area contributed by atoms with Crippen molar-refractivity contribution in [3.05, 3.63) is 29.3 Å². The van der Waals surface area contributed by atoms with Gasteiger partial charge in [-0.3, -0.25) is 0 Å². The van der Waals surface area contributed by atoms with Crippen molar-refractivity contribution in [1.29, 1.82) is 0 Å². The van der Waals surface area contributed by atoms with Crippen molar-refractivity contribution in [3.63, 3.8) is 0 Å². The Kier molecular flexibility index (Phi) is 6.85. The van der Waals surface area contributed by atoms with E-state index < -0.39 is 0 Å². The molecule has 1 aromatic rings. The van der Waals surface area contributed by atoms with E-state index in [1.165, 1.54) is 6.42 Å². The van der Waals surface area contributed by atoms with Crippen LogP contribution in [-0.2, 0) is 0 Å². The van der Waals surface area contributed by atoms with E-state index in [0.717, 1.165) is 17.5 Å². The average Bonchev–Trinajstić information content (AvgIpc) is 2.22. The molecule has 0 aliphatic rings. The molecular formula is C14H24O. The Morgan fingerprint density at radius 3 is 2.20 bits per heavy atom. The Hall–Kier alpha value is -0.980. The zero-order valence-electron chi connectivity index (χ0n) is 10.7. The van der Waals surface area contributed by atoms with Crippen molar-refractivity contribution in [3.8, 4) is 5.75 Å². The lowest BCUT2D eigenvalue weighted by Crippen LogP contribution is -1.92. The fourth-order valence-corrected chi connectivity index (χ4v) is 1.30. The van der Waals surface area contributed by atoms with Gasteiger partial charge in [-0.25, -0.2) is 0 Å². The molecular weight excluding hydrogens is 184 g/mol. The Balaban J connectivity index is 0.000000583. The largest absolute Gasteiger partial charge is 0.507 e. The number of hydrogen-bond acceptors (Lipinski definition) is 1. The van der Waals surface area contributed by atoms with Crippen molar-refractivity contribution in [2.45, 2.75) is 53.4 Å². The van der Waals surface area contributed by atoms with Crippen LogP contribution in [0.5, 0.6) is 5.75 Å². The summed E-state index contributed by atoms with van der Waals surface area (Å²) in [4.78, 5) is 0. The topological polar surface area (TPSA) is 20.2 Å². The molecule has 1 aromatic carbocycles. The Labute approximate surface area is 94.2 Å². The molecule has 1 heteroatoms. The molecule has 0 aliphatic carbocycles. The smallest absolute Gasteiger partial charge is 0.121 e. The van der Waals surface area contributed by atoms with Gasteiger partial charge in [0.15, 0.2) is 0 Å². The van der Waals surface area contributed by atoms with Crippen molar-refractivity contribution in [2.24, 2.45) is 0 Å². The molecule has 0 radical (unpaired) electrons. The van der Waals surface area contributed by atoms with Crippen molar-refractivity contribution >= 4 is 0 Å². The first-order valence-electron chi connectivity index (χ1n) is 5.86. The molecule has 0 amide bonds. The molecule has 1 unspecified atom stereocenters. The summed E-state index contributed by atoms with van der Waals surface area (Å²) < 4.78 is 0. The number of para-hydroxylation sites is 1. The summed E-state index contributed by atoms with van der Waals surface area (Å²) in [6.45, 7) is 10.4. The van der Waals surface area contributed by atoms with Gasteiger partial charge in [0.25, 0.3) is 0 Å². The number of rotatable bonds is 2. The van der Waals surface area contributed by atoms with Crippen molar-refractivity contribution in [1.82, 2.24) is 0 Å². The summed E-state index contributed by atoms with van der Waals surface area (Å²) >= 11 is 0. The molecule has 0 bridgehead atoms. The first-order valence-corrected chi connectivity index (χ1v) is 5.86. The SMILES string of the molecule is CCC.CCC(C)c1cccc(C)c1O. The lowest BCUT2D eigenvalue weighted by atomic mass is 9.96. The van der Waals surface area contributed by atoms with E-state index in [4.69, 9.17) is 0 Å². The Morgan fingerprint density at radius 2 is 1.73 bits per heavy atom. The molecule has 0 aromatic heterocycles. The highest BCUT2D eigenvalue weighted by molar-refractivity contribution is 5.41. The van der Waals surface area contributed by atoms with Gasteiger partial charge in [-0.2, -0.15) is 0 Å². The van der Waals surface area contributed by atoms with Crippen LogP contribution in [0.4, 0.5) is 0 Å². The van der Waals surface area contributed by atoms with Crippen LogP contribution in [-0.4, -0.2) is 5.11 Å². The fraction of sp³-hybridized carbons (Fsp3) is 0.571. The van der Waals surface area contributed by atoms with Gasteiger partial charge in [-0.05, 0) is 30.4 Å². The van der Waals surface area contributed by atoms with Crippen LogP contribution in [0.15, 0.2) is 18.2 Å². The average molecular weight is 208 g/mol. The standard InChI is InChI=1S/C11H16O.C3H8/c1-4-8(2)10-7-5-6-9(3)11(10)12;1-3-2/h5-8,12H,4H2,1-3H3;3H2,1-2H3. The molecule has 0 fully saturated rings. The fourth-order valence-electron chi connectivity index (χ4n) is 1.30. The third-order valence-electron chi connectivity index (χ3n) is 2.41. The molecule has 0 spiro atoms. The van der Waals surface area contributed by atoms with E-state index in [9.17, 15) is 5.11 Å². The highest BCUT2D eigenvalue weighted by Crippen LogP contribution is 2.29. The summed E-state index contributed by atoms with van der Waals surface area (Å²) in [5, 5.41) is 9.70. The quantitative estimate of drug-likeness (QED) is 0.751. The van der Waals surface area contributed by atoms with E-state index in [-0.39, 0.29) is 0 Å². The maximum absolute atomic E-state index is 9.70. The lowest BCUT2D eigenvalue weighted by Gasteiger charge is -2.12. The van der Waals surface area contributed by atoms with E-state index in [1.54, 1.807) is 0 Å². The van der Waals surface area contributed by atoms with Crippen molar-refractivity contribution < 1.29 is 5.11 Å². The summed E-state index contributed by atoms with van der Waals surface area (Å²) in [6.07, 6.45) is 2.32. The molecule has 1 rings (SSSR count). The summed E-state index contributed by atoms with van der Waals surface area (Å²) in [6, 6.07) is 5.92. The second kappa shape index (κ2) is 7.33. The van der Waals surface area contributed by atoms with Gasteiger partial charge in [-0.1, -0.05) is 52.3 Å². The van der Waals surface area contributed by atoms with Gasteiger partial charge in [0, 0.05) is 0 Å². The van der Waals surface area contributed by atoms with Crippen LogP contribution in [0, 0.1) is 6.92 Å². The highest BCUT2D eigenvalue weighted by atomic mass is 16.3. The van der Waals surface area contributed by atoms with Crippen LogP contribution in [0.25, 0.3) is 0 Å². The predicted molar refractivity (Wildman–Crippen MR) is 67.5 cm³/mol. The minimum atomic E-state index is 0.449. The summed E-state index contributed by atoms with van der Waals surface area (Å²) in [7, 11) is 0. The van der Waals surface area contributed by atoms with E-state index in [1.807, 2.05) is 25.1 Å². The van der Waals surface area contributed by atoms with Crippen LogP contribution in [0.2, 0.25) is 0 Å². The molecule has 0 aliphatic heterocycles. The first-order chi connectivity index (χ1) is 7.08. The molecule has 1 atom stereocenters. The highest BCUT2D eigenvalue weighted by Gasteiger charge is 2.08. The van der Waals surface area contributed by atoms with E-state index in [0.29, 0.717) is 11.7 Å². The summed E-state index contributed by atoms with van der Waals surface area (Å²) in [5.41, 5.74) is 2.03. The molecule has 0 saturated carbocycles. The van der Waals surface area contributed by atoms with Gasteiger partial charge in [0.1, 0.15) is 5.75 Å². The van der Waals surface area contributed by atoms with Crippen molar-refractivity contribution in [2.75, 3.05) is 0 Å². The Morgan fingerprint density at radius 1 is 1.20 bits per heavy atom. The number of aromatic hydroxyl groups is 1. The molecule has 0 heterocycles. The molecule has 1 N–H and O–H groups in total. The van der Waals surface area contributed by atoms with Gasteiger partial charge in [0.2, 0.25) is 0 Å². The second-order valence-electron chi connectivity index (χ2n) is 4.03. The minimum Gasteiger partial charge on any atom is -0.507 e. The zero-order chi connectivity index (χ0) is 11.8. The van der Waals surface area contributed by atoms with E-state index >= 15 is 0 Å². The van der Waals surface area contributed by atoms with Crippen LogP contribution in [0.3, 0.4) is 0 Å². The summed E-state index contributed by atoms with van der Waals surface area (Å²) in [5.74, 6) is 0.914. The lowest BCUT2D eigenvalue weighted by molar-refractivity contribution is 0.458. The van der Waals surface area contributed by atoms with Crippen LogP contribution >= 0.6 is 0 Å². The number of benzene rings is 1. The third-order valence-corrected chi connectivity index (χ3v) is 2.41. The van der Waals surface area contributed by atoms with Crippen LogP contribution in [0.1, 0.15) is 57.6 Å². The van der Waals surface area contributed by atoms with Gasteiger partial charge >= 0.3 is 0 Å². The minimum absolute atomic E-state index is 0.449. The normalized spacial score (nSPS) is 11.5. The zero-order valence-corrected chi connectivity index (χ0v) is 10.7. The van der Waals surface area contributed by atoms with Gasteiger partial charge in [0.05, 0.1) is 0 Å². The van der Waals surface area contributed by atoms with Gasteiger partial charge in [-0.15, -0.1) is 0 Å². The van der Waals surface area contributed by atoms with E-state index in [2.05, 4.69) is 27.7 Å². The van der Waals surface area contributed by atoms with Gasteiger partial charge < -0.3 is 5.11 Å². The molecule has 86 valence electrons.